The lowest BCUT2D eigenvalue weighted by atomic mass is 10.1. The fourth-order valence-electron chi connectivity index (χ4n) is 2.47. The number of aromatic nitrogens is 4. The molecule has 4 rings (SSSR count). The van der Waals surface area contributed by atoms with Crippen LogP contribution in [0.3, 0.4) is 0 Å². The topological polar surface area (TPSA) is 80.4 Å². The molecule has 2 heterocycles. The molecule has 25 heavy (non-hydrogen) atoms. The third kappa shape index (κ3) is 2.89. The van der Waals surface area contributed by atoms with Crippen molar-refractivity contribution >= 4 is 27.4 Å². The van der Waals surface area contributed by atoms with E-state index in [4.69, 9.17) is 0 Å². The van der Waals surface area contributed by atoms with Gasteiger partial charge in [0.05, 0.1) is 17.5 Å². The molecule has 0 saturated heterocycles. The Kier molecular flexibility index (Phi) is 3.77. The molecule has 0 aliphatic carbocycles. The Morgan fingerprint density at radius 3 is 2.56 bits per heavy atom. The van der Waals surface area contributed by atoms with Crippen LogP contribution in [-0.4, -0.2) is 30.7 Å². The molecule has 122 valence electrons. The monoisotopic (exact) mass is 394 g/mol. The lowest BCUT2D eigenvalue weighted by molar-refractivity contribution is 0.103. The number of aromatic hydroxyl groups is 1. The maximum Gasteiger partial charge on any atom is 0.218 e. The van der Waals surface area contributed by atoms with Gasteiger partial charge in [-0.3, -0.25) is 4.79 Å². The van der Waals surface area contributed by atoms with Gasteiger partial charge in [-0.1, -0.05) is 40.2 Å². The van der Waals surface area contributed by atoms with Crippen molar-refractivity contribution < 1.29 is 9.90 Å². The molecule has 0 fully saturated rings. The van der Waals surface area contributed by atoms with E-state index in [1.54, 1.807) is 24.3 Å². The van der Waals surface area contributed by atoms with Crippen molar-refractivity contribution in [2.45, 2.75) is 0 Å². The summed E-state index contributed by atoms with van der Waals surface area (Å²) in [5.41, 5.74) is 2.49. The maximum atomic E-state index is 12.5. The van der Waals surface area contributed by atoms with Crippen molar-refractivity contribution in [1.82, 2.24) is 19.8 Å². The first-order chi connectivity index (χ1) is 12.1. The number of rotatable bonds is 3. The Bertz CT molecular complexity index is 1090. The smallest absolute Gasteiger partial charge is 0.218 e. The predicted octanol–water partition coefficient (Wildman–Crippen LogP) is 3.49. The Hall–Kier alpha value is -3.06. The molecule has 1 N–H and O–H groups in total. The molecule has 0 saturated carbocycles. The predicted molar refractivity (Wildman–Crippen MR) is 95.5 cm³/mol. The van der Waals surface area contributed by atoms with Gasteiger partial charge in [-0.25, -0.2) is 4.52 Å². The molecule has 2 aromatic heterocycles. The largest absolute Gasteiger partial charge is 0.507 e. The summed E-state index contributed by atoms with van der Waals surface area (Å²) in [5, 5.41) is 22.3. The summed E-state index contributed by atoms with van der Waals surface area (Å²) in [5.74, 6) is -0.501. The summed E-state index contributed by atoms with van der Waals surface area (Å²) in [6.45, 7) is 0. The SMILES string of the molecule is O=C(c1cn2nc(-c3ccc(Br)cc3)cc2nn1)c1ccccc1O. The number of nitrogens with zero attached hydrogens (tertiary/aromatic N) is 4. The first kappa shape index (κ1) is 15.5. The van der Waals surface area contributed by atoms with Crippen molar-refractivity contribution in [3.63, 3.8) is 0 Å². The molecule has 0 aliphatic heterocycles. The first-order valence-electron chi connectivity index (χ1n) is 7.43. The fourth-order valence-corrected chi connectivity index (χ4v) is 2.73. The zero-order chi connectivity index (χ0) is 17.4. The average molecular weight is 395 g/mol. The van der Waals surface area contributed by atoms with Gasteiger partial charge >= 0.3 is 0 Å². The number of para-hydroxylation sites is 1. The first-order valence-corrected chi connectivity index (χ1v) is 8.23. The van der Waals surface area contributed by atoms with E-state index < -0.39 is 5.78 Å². The number of benzene rings is 2. The molecule has 0 radical (unpaired) electrons. The van der Waals surface area contributed by atoms with Crippen molar-refractivity contribution in [2.24, 2.45) is 0 Å². The van der Waals surface area contributed by atoms with E-state index in [-0.39, 0.29) is 17.0 Å². The lowest BCUT2D eigenvalue weighted by Crippen LogP contribution is -2.08. The summed E-state index contributed by atoms with van der Waals surface area (Å²) < 4.78 is 2.49. The number of hydrogen-bond donors (Lipinski definition) is 1. The van der Waals surface area contributed by atoms with Crippen molar-refractivity contribution in [1.29, 1.82) is 0 Å². The average Bonchev–Trinajstić information content (AvgIpc) is 3.05. The number of phenolic OH excluding ortho intramolecular Hbond substituents is 1. The minimum atomic E-state index is -0.409. The van der Waals surface area contributed by atoms with Crippen LogP contribution >= 0.6 is 15.9 Å². The summed E-state index contributed by atoms with van der Waals surface area (Å²) in [4.78, 5) is 12.5. The minimum absolute atomic E-state index is 0.0922. The Morgan fingerprint density at radius 1 is 1.04 bits per heavy atom. The van der Waals surface area contributed by atoms with Crippen LogP contribution in [0.4, 0.5) is 0 Å². The van der Waals surface area contributed by atoms with Gasteiger partial charge in [-0.05, 0) is 24.3 Å². The van der Waals surface area contributed by atoms with Crippen LogP contribution in [0.5, 0.6) is 5.75 Å². The van der Waals surface area contributed by atoms with E-state index >= 15 is 0 Å². The second-order valence-corrected chi connectivity index (χ2v) is 6.32. The van der Waals surface area contributed by atoms with Crippen molar-refractivity contribution in [3.05, 3.63) is 76.5 Å². The quantitative estimate of drug-likeness (QED) is 0.537. The molecule has 0 atom stereocenters. The van der Waals surface area contributed by atoms with E-state index in [1.165, 1.54) is 16.8 Å². The van der Waals surface area contributed by atoms with Crippen LogP contribution in [-0.2, 0) is 0 Å². The number of carbonyl (C=O) groups excluding carboxylic acids is 1. The van der Waals surface area contributed by atoms with Gasteiger partial charge in [-0.15, -0.1) is 10.2 Å². The number of halogens is 1. The molecular formula is C18H11BrN4O2. The molecule has 0 amide bonds. The van der Waals surface area contributed by atoms with Crippen LogP contribution in [0, 0.1) is 0 Å². The normalized spacial score (nSPS) is 10.9. The highest BCUT2D eigenvalue weighted by Crippen LogP contribution is 2.22. The molecule has 6 nitrogen and oxygen atoms in total. The lowest BCUT2D eigenvalue weighted by Gasteiger charge is -2.02. The third-order valence-corrected chi connectivity index (χ3v) is 4.27. The maximum absolute atomic E-state index is 12.5. The summed E-state index contributed by atoms with van der Waals surface area (Å²) in [6, 6.07) is 15.9. The second kappa shape index (κ2) is 6.10. The van der Waals surface area contributed by atoms with Crippen LogP contribution in [0.25, 0.3) is 16.9 Å². The van der Waals surface area contributed by atoms with Crippen LogP contribution in [0.2, 0.25) is 0 Å². The summed E-state index contributed by atoms with van der Waals surface area (Å²) >= 11 is 3.40. The Balaban J connectivity index is 1.74. The van der Waals surface area contributed by atoms with Crippen LogP contribution < -0.4 is 0 Å². The standard InChI is InChI=1S/C18H11BrN4O2/c19-12-7-5-11(6-8-12)14-9-17-21-20-15(10-23(17)22-14)18(25)13-3-1-2-4-16(13)24/h1-10,24H. The molecule has 0 bridgehead atoms. The zero-order valence-electron chi connectivity index (χ0n) is 12.8. The van der Waals surface area contributed by atoms with Crippen molar-refractivity contribution in [2.75, 3.05) is 0 Å². The number of phenols is 1. The van der Waals surface area contributed by atoms with Gasteiger partial charge in [0.25, 0.3) is 0 Å². The van der Waals surface area contributed by atoms with Crippen molar-refractivity contribution in [3.8, 4) is 17.0 Å². The molecular weight excluding hydrogens is 384 g/mol. The van der Waals surface area contributed by atoms with E-state index in [0.717, 1.165) is 15.7 Å². The molecule has 7 heteroatoms. The Morgan fingerprint density at radius 2 is 1.80 bits per heavy atom. The number of ketones is 1. The zero-order valence-corrected chi connectivity index (χ0v) is 14.4. The van der Waals surface area contributed by atoms with Gasteiger partial charge in [0.2, 0.25) is 5.78 Å². The van der Waals surface area contributed by atoms with Gasteiger partial charge in [0.15, 0.2) is 11.3 Å². The summed E-state index contributed by atoms with van der Waals surface area (Å²) in [7, 11) is 0. The number of carbonyl (C=O) groups is 1. The Labute approximate surface area is 150 Å². The summed E-state index contributed by atoms with van der Waals surface area (Å²) in [6.07, 6.45) is 1.51. The van der Waals surface area contributed by atoms with Gasteiger partial charge in [0.1, 0.15) is 5.75 Å². The molecule has 2 aromatic carbocycles. The highest BCUT2D eigenvalue weighted by molar-refractivity contribution is 9.10. The fraction of sp³-hybridized carbons (Fsp3) is 0. The second-order valence-electron chi connectivity index (χ2n) is 5.40. The van der Waals surface area contributed by atoms with E-state index in [1.807, 2.05) is 24.3 Å². The highest BCUT2D eigenvalue weighted by Gasteiger charge is 2.16. The number of hydrogen-bond acceptors (Lipinski definition) is 5. The van der Waals surface area contributed by atoms with E-state index in [2.05, 4.69) is 31.2 Å². The highest BCUT2D eigenvalue weighted by atomic mass is 79.9. The minimum Gasteiger partial charge on any atom is -0.507 e. The van der Waals surface area contributed by atoms with E-state index in [0.29, 0.717) is 5.65 Å². The molecule has 0 unspecified atom stereocenters. The third-order valence-electron chi connectivity index (χ3n) is 3.74. The van der Waals surface area contributed by atoms with Gasteiger partial charge < -0.3 is 5.11 Å². The number of fused-ring (bicyclic) bond motifs is 1. The van der Waals surface area contributed by atoms with Gasteiger partial charge in [0, 0.05) is 16.1 Å². The molecule has 0 aliphatic rings. The molecule has 0 spiro atoms. The van der Waals surface area contributed by atoms with Crippen LogP contribution in [0.1, 0.15) is 16.1 Å². The molecule has 4 aromatic rings. The van der Waals surface area contributed by atoms with Gasteiger partial charge in [-0.2, -0.15) is 5.10 Å². The van der Waals surface area contributed by atoms with E-state index in [9.17, 15) is 9.90 Å². The van der Waals surface area contributed by atoms with Crippen LogP contribution in [0.15, 0.2) is 65.3 Å².